The number of aromatic nitrogens is 3. The summed E-state index contributed by atoms with van der Waals surface area (Å²) in [6, 6.07) is 28.1. The second-order valence-electron chi connectivity index (χ2n) is 8.03. The van der Waals surface area contributed by atoms with E-state index in [1.54, 1.807) is 0 Å². The predicted octanol–water partition coefficient (Wildman–Crippen LogP) is 5.82. The number of amides is 1. The number of thioether (sulfide) groups is 1. The fourth-order valence-electron chi connectivity index (χ4n) is 3.76. The van der Waals surface area contributed by atoms with Crippen molar-refractivity contribution in [1.29, 1.82) is 0 Å². The molecular formula is C27H24N4O2S. The lowest BCUT2D eigenvalue weighted by atomic mass is 10.1. The van der Waals surface area contributed by atoms with Crippen molar-refractivity contribution in [3.05, 3.63) is 90.8 Å². The highest BCUT2D eigenvalue weighted by Crippen LogP contribution is 2.27. The molecule has 5 rings (SSSR count). The first kappa shape index (κ1) is 22.0. The maximum Gasteiger partial charge on any atom is 0.237 e. The Morgan fingerprint density at radius 3 is 2.53 bits per heavy atom. The Labute approximate surface area is 202 Å². The van der Waals surface area contributed by atoms with Crippen molar-refractivity contribution < 1.29 is 9.53 Å². The van der Waals surface area contributed by atoms with Crippen molar-refractivity contribution in [1.82, 2.24) is 14.8 Å². The van der Waals surface area contributed by atoms with E-state index in [9.17, 15) is 4.79 Å². The van der Waals surface area contributed by atoms with Crippen molar-refractivity contribution in [3.63, 3.8) is 0 Å². The number of benzene rings is 4. The van der Waals surface area contributed by atoms with Gasteiger partial charge in [0.15, 0.2) is 11.0 Å². The zero-order chi connectivity index (χ0) is 23.5. The van der Waals surface area contributed by atoms with Gasteiger partial charge in [-0.05, 0) is 41.3 Å². The molecule has 5 aromatic rings. The summed E-state index contributed by atoms with van der Waals surface area (Å²) in [4.78, 5) is 12.9. The lowest BCUT2D eigenvalue weighted by molar-refractivity contribution is -0.115. The monoisotopic (exact) mass is 468 g/mol. The van der Waals surface area contributed by atoms with Crippen LogP contribution in [-0.4, -0.2) is 25.9 Å². The molecule has 0 bridgehead atoms. The van der Waals surface area contributed by atoms with Gasteiger partial charge in [-0.2, -0.15) is 0 Å². The average Bonchev–Trinajstić information content (AvgIpc) is 3.21. The summed E-state index contributed by atoms with van der Waals surface area (Å²) in [6.45, 7) is 2.16. The molecule has 0 radical (unpaired) electrons. The summed E-state index contributed by atoms with van der Waals surface area (Å²) in [5.41, 5.74) is 0.804. The first-order valence-corrected chi connectivity index (χ1v) is 11.9. The molecule has 170 valence electrons. The van der Waals surface area contributed by atoms with Crippen molar-refractivity contribution in [2.24, 2.45) is 7.05 Å². The fraction of sp³-hybridized carbons (Fsp3) is 0.148. The number of nitrogens with one attached hydrogen (secondary N) is 1. The van der Waals surface area contributed by atoms with Crippen LogP contribution < -0.4 is 10.1 Å². The number of rotatable bonds is 7. The molecule has 6 nitrogen and oxygen atoms in total. The van der Waals surface area contributed by atoms with Crippen LogP contribution >= 0.6 is 11.8 Å². The molecule has 4 aromatic carbocycles. The van der Waals surface area contributed by atoms with Crippen LogP contribution in [0.15, 0.2) is 90.1 Å². The molecule has 7 heteroatoms. The van der Waals surface area contributed by atoms with E-state index in [0.717, 1.165) is 27.6 Å². The normalized spacial score (nSPS) is 12.1. The van der Waals surface area contributed by atoms with E-state index in [2.05, 4.69) is 27.6 Å². The SMILES string of the molecule is CC(Sc1nnc(COc2ccc3ccccc3c2)n1C)C(=O)Nc1cccc2ccccc12. The fourth-order valence-corrected chi connectivity index (χ4v) is 4.59. The highest BCUT2D eigenvalue weighted by molar-refractivity contribution is 8.00. The van der Waals surface area contributed by atoms with E-state index < -0.39 is 0 Å². The third-order valence-corrected chi connectivity index (χ3v) is 6.85. The van der Waals surface area contributed by atoms with Crippen LogP contribution in [0.1, 0.15) is 12.7 Å². The number of carbonyl (C=O) groups is 1. The molecule has 1 N–H and O–H groups in total. The Morgan fingerprint density at radius 2 is 1.68 bits per heavy atom. The average molecular weight is 469 g/mol. The zero-order valence-corrected chi connectivity index (χ0v) is 19.8. The molecule has 0 saturated carbocycles. The van der Waals surface area contributed by atoms with E-state index in [1.165, 1.54) is 17.1 Å². The van der Waals surface area contributed by atoms with Crippen LogP contribution in [0.2, 0.25) is 0 Å². The van der Waals surface area contributed by atoms with Crippen LogP contribution in [-0.2, 0) is 18.4 Å². The highest BCUT2D eigenvalue weighted by atomic mass is 32.2. The Kier molecular flexibility index (Phi) is 6.18. The number of nitrogens with zero attached hydrogens (tertiary/aromatic N) is 3. The van der Waals surface area contributed by atoms with E-state index >= 15 is 0 Å². The van der Waals surface area contributed by atoms with Gasteiger partial charge in [0.05, 0.1) is 5.25 Å². The lowest BCUT2D eigenvalue weighted by Crippen LogP contribution is -2.23. The largest absolute Gasteiger partial charge is 0.486 e. The van der Waals surface area contributed by atoms with E-state index in [0.29, 0.717) is 17.6 Å². The molecule has 0 spiro atoms. The van der Waals surface area contributed by atoms with Gasteiger partial charge >= 0.3 is 0 Å². The standard InChI is InChI=1S/C27H24N4O2S/c1-18(26(32)28-24-13-7-11-20-9-5-6-12-23(20)24)34-27-30-29-25(31(27)2)17-33-22-15-14-19-8-3-4-10-21(19)16-22/h3-16,18H,17H2,1-2H3,(H,28,32). The number of hydrogen-bond acceptors (Lipinski definition) is 5. The van der Waals surface area contributed by atoms with E-state index in [-0.39, 0.29) is 11.2 Å². The molecule has 0 fully saturated rings. The van der Waals surface area contributed by atoms with Crippen LogP contribution in [0.25, 0.3) is 21.5 Å². The first-order chi connectivity index (χ1) is 16.6. The highest BCUT2D eigenvalue weighted by Gasteiger charge is 2.20. The summed E-state index contributed by atoms with van der Waals surface area (Å²) >= 11 is 1.37. The summed E-state index contributed by atoms with van der Waals surface area (Å²) in [5.74, 6) is 1.38. The number of ether oxygens (including phenoxy) is 1. The lowest BCUT2D eigenvalue weighted by Gasteiger charge is -2.13. The minimum absolute atomic E-state index is 0.0849. The predicted molar refractivity (Wildman–Crippen MR) is 137 cm³/mol. The summed E-state index contributed by atoms with van der Waals surface area (Å²) in [5, 5.41) is 16.3. The number of anilines is 1. The summed E-state index contributed by atoms with van der Waals surface area (Å²) < 4.78 is 7.82. The number of hydrogen-bond donors (Lipinski definition) is 1. The van der Waals surface area contributed by atoms with E-state index in [4.69, 9.17) is 4.74 Å². The molecule has 1 heterocycles. The third-order valence-electron chi connectivity index (χ3n) is 5.71. The van der Waals surface area contributed by atoms with Gasteiger partial charge in [-0.1, -0.05) is 78.5 Å². The minimum atomic E-state index is -0.351. The maximum absolute atomic E-state index is 12.9. The van der Waals surface area contributed by atoms with Crippen LogP contribution in [0, 0.1) is 0 Å². The quantitative estimate of drug-likeness (QED) is 0.305. The van der Waals surface area contributed by atoms with Gasteiger partial charge < -0.3 is 14.6 Å². The minimum Gasteiger partial charge on any atom is -0.486 e. The Balaban J connectivity index is 1.23. The smallest absolute Gasteiger partial charge is 0.237 e. The van der Waals surface area contributed by atoms with Gasteiger partial charge in [-0.3, -0.25) is 4.79 Å². The van der Waals surface area contributed by atoms with E-state index in [1.807, 2.05) is 91.3 Å². The zero-order valence-electron chi connectivity index (χ0n) is 18.9. The molecule has 1 amide bonds. The van der Waals surface area contributed by atoms with Gasteiger partial charge in [0.25, 0.3) is 0 Å². The molecule has 0 aliphatic heterocycles. The van der Waals surface area contributed by atoms with Gasteiger partial charge in [0.2, 0.25) is 5.91 Å². The van der Waals surface area contributed by atoms with Crippen LogP contribution in [0.4, 0.5) is 5.69 Å². The van der Waals surface area contributed by atoms with Crippen LogP contribution in [0.5, 0.6) is 5.75 Å². The Hall–Kier alpha value is -3.84. The van der Waals surface area contributed by atoms with Crippen molar-refractivity contribution in [3.8, 4) is 5.75 Å². The molecule has 34 heavy (non-hydrogen) atoms. The van der Waals surface area contributed by atoms with Crippen molar-refractivity contribution in [2.45, 2.75) is 23.9 Å². The number of fused-ring (bicyclic) bond motifs is 2. The molecule has 0 aliphatic carbocycles. The second-order valence-corrected chi connectivity index (χ2v) is 9.34. The van der Waals surface area contributed by atoms with Crippen LogP contribution in [0.3, 0.4) is 0 Å². The molecular weight excluding hydrogens is 444 g/mol. The maximum atomic E-state index is 12.9. The second kappa shape index (κ2) is 9.57. The van der Waals surface area contributed by atoms with Gasteiger partial charge in [-0.25, -0.2) is 0 Å². The van der Waals surface area contributed by atoms with Crippen molar-refractivity contribution >= 4 is 44.9 Å². The molecule has 1 atom stereocenters. The molecule has 0 saturated heterocycles. The third kappa shape index (κ3) is 4.61. The van der Waals surface area contributed by atoms with Gasteiger partial charge in [0, 0.05) is 18.1 Å². The Morgan fingerprint density at radius 1 is 0.941 bits per heavy atom. The molecule has 1 aromatic heterocycles. The summed E-state index contributed by atoms with van der Waals surface area (Å²) in [7, 11) is 1.89. The Bertz CT molecular complexity index is 1480. The molecule has 1 unspecified atom stereocenters. The topological polar surface area (TPSA) is 69.0 Å². The van der Waals surface area contributed by atoms with Gasteiger partial charge in [0.1, 0.15) is 12.4 Å². The van der Waals surface area contributed by atoms with Crippen molar-refractivity contribution in [2.75, 3.05) is 5.32 Å². The number of carbonyl (C=O) groups excluding carboxylic acids is 1. The summed E-state index contributed by atoms with van der Waals surface area (Å²) in [6.07, 6.45) is 0. The molecule has 0 aliphatic rings. The first-order valence-electron chi connectivity index (χ1n) is 11.0. The van der Waals surface area contributed by atoms with Gasteiger partial charge in [-0.15, -0.1) is 10.2 Å².